The SMILES string of the molecule is C[C@@H](NC[C@H]1CC(=O)c2ccccc2O1)c1cccc2ccccc12.Cl. The minimum Gasteiger partial charge on any atom is -0.488 e. The second-order valence-corrected chi connectivity index (χ2v) is 6.56. The van der Waals surface area contributed by atoms with Gasteiger partial charge >= 0.3 is 0 Å². The number of ketones is 1. The van der Waals surface area contributed by atoms with Crippen molar-refractivity contribution in [1.29, 1.82) is 0 Å². The van der Waals surface area contributed by atoms with E-state index >= 15 is 0 Å². The number of rotatable bonds is 4. The number of ether oxygens (including phenoxy) is 1. The number of para-hydroxylation sites is 1. The van der Waals surface area contributed by atoms with Crippen LogP contribution >= 0.6 is 12.4 Å². The molecule has 3 aromatic rings. The molecule has 1 aliphatic rings. The average molecular weight is 368 g/mol. The first-order chi connectivity index (χ1) is 12.2. The second kappa shape index (κ2) is 7.90. The summed E-state index contributed by atoms with van der Waals surface area (Å²) in [5.41, 5.74) is 1.96. The lowest BCUT2D eigenvalue weighted by Gasteiger charge is -2.27. The molecule has 0 saturated heterocycles. The van der Waals surface area contributed by atoms with Crippen molar-refractivity contribution in [3.8, 4) is 5.75 Å². The van der Waals surface area contributed by atoms with Gasteiger partial charge in [-0.3, -0.25) is 4.79 Å². The van der Waals surface area contributed by atoms with E-state index in [0.717, 1.165) is 0 Å². The molecule has 0 aliphatic carbocycles. The van der Waals surface area contributed by atoms with Gasteiger partial charge in [-0.25, -0.2) is 0 Å². The third-order valence-electron chi connectivity index (χ3n) is 4.84. The first kappa shape index (κ1) is 18.4. The van der Waals surface area contributed by atoms with Crippen molar-refractivity contribution in [2.45, 2.75) is 25.5 Å². The lowest BCUT2D eigenvalue weighted by molar-refractivity contribution is 0.0846. The van der Waals surface area contributed by atoms with Gasteiger partial charge in [-0.1, -0.05) is 54.6 Å². The average Bonchev–Trinajstić information content (AvgIpc) is 2.66. The highest BCUT2D eigenvalue weighted by Crippen LogP contribution is 2.28. The van der Waals surface area contributed by atoms with E-state index in [1.165, 1.54) is 16.3 Å². The minimum absolute atomic E-state index is 0. The normalized spacial score (nSPS) is 17.1. The Morgan fingerprint density at radius 2 is 1.77 bits per heavy atom. The van der Waals surface area contributed by atoms with Gasteiger partial charge in [0, 0.05) is 19.0 Å². The van der Waals surface area contributed by atoms with Crippen LogP contribution < -0.4 is 10.1 Å². The zero-order valence-corrected chi connectivity index (χ0v) is 15.5. The summed E-state index contributed by atoms with van der Waals surface area (Å²) < 4.78 is 5.99. The molecule has 3 nitrogen and oxygen atoms in total. The molecule has 0 amide bonds. The third kappa shape index (κ3) is 3.59. The molecule has 0 fully saturated rings. The summed E-state index contributed by atoms with van der Waals surface area (Å²) in [5.74, 6) is 0.856. The van der Waals surface area contributed by atoms with Crippen LogP contribution in [0.5, 0.6) is 5.75 Å². The van der Waals surface area contributed by atoms with Crippen LogP contribution in [-0.2, 0) is 0 Å². The summed E-state index contributed by atoms with van der Waals surface area (Å²) in [4.78, 5) is 12.3. The maximum absolute atomic E-state index is 12.3. The van der Waals surface area contributed by atoms with Crippen molar-refractivity contribution >= 4 is 29.0 Å². The van der Waals surface area contributed by atoms with E-state index in [0.29, 0.717) is 24.3 Å². The second-order valence-electron chi connectivity index (χ2n) is 6.56. The highest BCUT2D eigenvalue weighted by atomic mass is 35.5. The fourth-order valence-electron chi connectivity index (χ4n) is 3.50. The van der Waals surface area contributed by atoms with E-state index in [4.69, 9.17) is 4.74 Å². The van der Waals surface area contributed by atoms with Crippen LogP contribution in [0.3, 0.4) is 0 Å². The summed E-state index contributed by atoms with van der Waals surface area (Å²) in [7, 11) is 0. The number of Topliss-reactive ketones (excluding diaryl/α,β-unsaturated/α-hetero) is 1. The number of halogens is 1. The van der Waals surface area contributed by atoms with E-state index in [9.17, 15) is 4.79 Å². The zero-order valence-electron chi connectivity index (χ0n) is 14.6. The fraction of sp³-hybridized carbons (Fsp3) is 0.227. The van der Waals surface area contributed by atoms with E-state index < -0.39 is 0 Å². The molecule has 26 heavy (non-hydrogen) atoms. The maximum atomic E-state index is 12.3. The van der Waals surface area contributed by atoms with Crippen molar-refractivity contribution < 1.29 is 9.53 Å². The molecule has 0 saturated carbocycles. The molecule has 2 atom stereocenters. The van der Waals surface area contributed by atoms with E-state index in [1.807, 2.05) is 24.3 Å². The summed E-state index contributed by atoms with van der Waals surface area (Å²) in [6.07, 6.45) is 0.298. The first-order valence-electron chi connectivity index (χ1n) is 8.72. The maximum Gasteiger partial charge on any atom is 0.170 e. The largest absolute Gasteiger partial charge is 0.488 e. The predicted molar refractivity (Wildman–Crippen MR) is 107 cm³/mol. The van der Waals surface area contributed by atoms with Crippen LogP contribution in [0.25, 0.3) is 10.8 Å². The highest BCUT2D eigenvalue weighted by molar-refractivity contribution is 5.99. The van der Waals surface area contributed by atoms with Gasteiger partial charge in [0.1, 0.15) is 11.9 Å². The highest BCUT2D eigenvalue weighted by Gasteiger charge is 2.26. The van der Waals surface area contributed by atoms with Gasteiger partial charge in [0.25, 0.3) is 0 Å². The standard InChI is InChI=1S/C22H21NO2.ClH/c1-15(18-11-6-8-16-7-2-3-9-19(16)18)23-14-17-13-21(24)20-10-4-5-12-22(20)25-17;/h2-12,15,17,23H,13-14H2,1H3;1H/t15-,17-;/m1./s1. The number of hydrogen-bond donors (Lipinski definition) is 1. The van der Waals surface area contributed by atoms with Gasteiger partial charge < -0.3 is 10.1 Å². The zero-order chi connectivity index (χ0) is 17.2. The predicted octanol–water partition coefficient (Wildman–Crippen LogP) is 4.95. The van der Waals surface area contributed by atoms with E-state index in [-0.39, 0.29) is 30.3 Å². The van der Waals surface area contributed by atoms with E-state index in [2.05, 4.69) is 54.7 Å². The summed E-state index contributed by atoms with van der Waals surface area (Å²) in [6, 6.07) is 22.4. The Bertz CT molecular complexity index is 919. The van der Waals surface area contributed by atoms with Crippen molar-refractivity contribution in [3.05, 3.63) is 77.9 Å². The molecule has 1 N–H and O–H groups in total. The van der Waals surface area contributed by atoms with Gasteiger partial charge in [-0.2, -0.15) is 0 Å². The molecule has 4 heteroatoms. The number of benzene rings is 3. The van der Waals surface area contributed by atoms with Gasteiger partial charge in [0.15, 0.2) is 5.78 Å². The molecule has 0 aromatic heterocycles. The molecule has 0 unspecified atom stereocenters. The van der Waals surface area contributed by atoms with Gasteiger partial charge in [-0.15, -0.1) is 12.4 Å². The van der Waals surface area contributed by atoms with Crippen LogP contribution in [0.1, 0.15) is 35.3 Å². The van der Waals surface area contributed by atoms with Crippen LogP contribution in [0.2, 0.25) is 0 Å². The number of carbonyl (C=O) groups excluding carboxylic acids is 1. The summed E-state index contributed by atoms with van der Waals surface area (Å²) in [5, 5.41) is 6.04. The Morgan fingerprint density at radius 3 is 2.65 bits per heavy atom. The van der Waals surface area contributed by atoms with Gasteiger partial charge in [-0.05, 0) is 35.4 Å². The number of nitrogens with one attached hydrogen (secondary N) is 1. The molecule has 0 spiro atoms. The summed E-state index contributed by atoms with van der Waals surface area (Å²) in [6.45, 7) is 2.80. The molecular weight excluding hydrogens is 346 g/mol. The van der Waals surface area contributed by atoms with E-state index in [1.54, 1.807) is 0 Å². The number of carbonyl (C=O) groups is 1. The lowest BCUT2D eigenvalue weighted by atomic mass is 9.98. The molecule has 1 aliphatic heterocycles. The van der Waals surface area contributed by atoms with Crippen molar-refractivity contribution in [3.63, 3.8) is 0 Å². The van der Waals surface area contributed by atoms with Gasteiger partial charge in [0.05, 0.1) is 5.56 Å². The molecule has 134 valence electrons. The molecule has 0 bridgehead atoms. The minimum atomic E-state index is -0.125. The van der Waals surface area contributed by atoms with Gasteiger partial charge in [0.2, 0.25) is 0 Å². The topological polar surface area (TPSA) is 38.3 Å². The van der Waals surface area contributed by atoms with Crippen LogP contribution in [-0.4, -0.2) is 18.4 Å². The van der Waals surface area contributed by atoms with Crippen LogP contribution in [0.4, 0.5) is 0 Å². The Labute approximate surface area is 159 Å². The third-order valence-corrected chi connectivity index (χ3v) is 4.84. The van der Waals surface area contributed by atoms with Crippen molar-refractivity contribution in [2.75, 3.05) is 6.54 Å². The van der Waals surface area contributed by atoms with Crippen LogP contribution in [0, 0.1) is 0 Å². The smallest absolute Gasteiger partial charge is 0.170 e. The Morgan fingerprint density at radius 1 is 1.04 bits per heavy atom. The van der Waals surface area contributed by atoms with Crippen LogP contribution in [0.15, 0.2) is 66.7 Å². The molecular formula is C22H22ClNO2. The molecule has 3 aromatic carbocycles. The van der Waals surface area contributed by atoms with Crippen molar-refractivity contribution in [2.24, 2.45) is 0 Å². The Hall–Kier alpha value is -2.36. The first-order valence-corrected chi connectivity index (χ1v) is 8.72. The quantitative estimate of drug-likeness (QED) is 0.709. The fourth-order valence-corrected chi connectivity index (χ4v) is 3.50. The monoisotopic (exact) mass is 367 g/mol. The Balaban J connectivity index is 0.00000196. The molecule has 4 rings (SSSR count). The number of fused-ring (bicyclic) bond motifs is 2. The van der Waals surface area contributed by atoms with Crippen molar-refractivity contribution in [1.82, 2.24) is 5.32 Å². The number of hydrogen-bond acceptors (Lipinski definition) is 3. The molecule has 0 radical (unpaired) electrons. The Kier molecular flexibility index (Phi) is 5.60. The summed E-state index contributed by atoms with van der Waals surface area (Å²) >= 11 is 0. The lowest BCUT2D eigenvalue weighted by Crippen LogP contribution is -2.37. The molecule has 1 heterocycles.